The van der Waals surface area contributed by atoms with E-state index in [9.17, 15) is 4.79 Å². The van der Waals surface area contributed by atoms with Crippen LogP contribution in [0.3, 0.4) is 0 Å². The van der Waals surface area contributed by atoms with Crippen molar-refractivity contribution in [2.24, 2.45) is 11.8 Å². The molecule has 0 aromatic carbocycles. The van der Waals surface area contributed by atoms with E-state index in [0.29, 0.717) is 11.8 Å². The Kier molecular flexibility index (Phi) is 4.28. The van der Waals surface area contributed by atoms with Gasteiger partial charge in [-0.15, -0.1) is 0 Å². The molecule has 2 fully saturated rings. The lowest BCUT2D eigenvalue weighted by molar-refractivity contribution is -0.133. The van der Waals surface area contributed by atoms with E-state index in [-0.39, 0.29) is 24.2 Å². The number of carbonyl (C=O) groups is 1. The first-order valence-corrected chi connectivity index (χ1v) is 7.16. The lowest BCUT2D eigenvalue weighted by atomic mass is 9.97. The maximum Gasteiger partial charge on any atom is 0.240 e. The van der Waals surface area contributed by atoms with E-state index in [4.69, 9.17) is 4.74 Å². The second-order valence-corrected chi connectivity index (χ2v) is 6.14. The zero-order valence-corrected chi connectivity index (χ0v) is 12.0. The summed E-state index contributed by atoms with van der Waals surface area (Å²) in [5.41, 5.74) is 0. The minimum Gasteiger partial charge on any atom is -0.381 e. The summed E-state index contributed by atoms with van der Waals surface area (Å²) >= 11 is 0. The molecule has 18 heavy (non-hydrogen) atoms. The number of rotatable bonds is 4. The molecule has 4 atom stereocenters. The average molecular weight is 254 g/mol. The quantitative estimate of drug-likeness (QED) is 0.828. The van der Waals surface area contributed by atoms with Crippen LogP contribution in [0.5, 0.6) is 0 Å². The monoisotopic (exact) mass is 254 g/mol. The number of nitrogens with zero attached hydrogens (tertiary/aromatic N) is 1. The summed E-state index contributed by atoms with van der Waals surface area (Å²) in [7, 11) is 0. The van der Waals surface area contributed by atoms with Crippen LogP contribution in [0.1, 0.15) is 40.5 Å². The normalized spacial score (nSPS) is 34.6. The van der Waals surface area contributed by atoms with E-state index in [1.807, 2.05) is 6.92 Å². The highest BCUT2D eigenvalue weighted by molar-refractivity contribution is 5.84. The van der Waals surface area contributed by atoms with Crippen molar-refractivity contribution in [2.75, 3.05) is 13.2 Å². The Morgan fingerprint density at radius 1 is 1.44 bits per heavy atom. The lowest BCUT2D eigenvalue weighted by Gasteiger charge is -2.34. The molecule has 2 heterocycles. The average Bonchev–Trinajstić information content (AvgIpc) is 2.88. The summed E-state index contributed by atoms with van der Waals surface area (Å²) in [5.74, 6) is 1.34. The van der Waals surface area contributed by atoms with Crippen molar-refractivity contribution in [3.63, 3.8) is 0 Å². The van der Waals surface area contributed by atoms with Crippen molar-refractivity contribution >= 4 is 5.91 Å². The van der Waals surface area contributed by atoms with Crippen molar-refractivity contribution in [3.05, 3.63) is 0 Å². The topological polar surface area (TPSA) is 41.6 Å². The molecule has 2 rings (SSSR count). The van der Waals surface area contributed by atoms with Gasteiger partial charge in [0, 0.05) is 18.6 Å². The molecule has 4 unspecified atom stereocenters. The van der Waals surface area contributed by atoms with Gasteiger partial charge in [0.15, 0.2) is 0 Å². The van der Waals surface area contributed by atoms with Crippen LogP contribution in [0.25, 0.3) is 0 Å². The van der Waals surface area contributed by atoms with Gasteiger partial charge < -0.3 is 9.64 Å². The van der Waals surface area contributed by atoms with Gasteiger partial charge in [0.25, 0.3) is 0 Å². The van der Waals surface area contributed by atoms with E-state index >= 15 is 0 Å². The number of ether oxygens (including phenoxy) is 1. The Labute approximate surface area is 110 Å². The molecule has 0 aromatic heterocycles. The van der Waals surface area contributed by atoms with Crippen LogP contribution < -0.4 is 5.32 Å². The van der Waals surface area contributed by atoms with Gasteiger partial charge in [0.2, 0.25) is 5.91 Å². The zero-order chi connectivity index (χ0) is 13.3. The summed E-state index contributed by atoms with van der Waals surface area (Å²) in [4.78, 5) is 14.4. The molecule has 1 amide bonds. The van der Waals surface area contributed by atoms with Crippen molar-refractivity contribution in [3.8, 4) is 0 Å². The highest BCUT2D eigenvalue weighted by Crippen LogP contribution is 2.27. The molecule has 0 radical (unpaired) electrons. The first kappa shape index (κ1) is 13.8. The van der Waals surface area contributed by atoms with E-state index in [2.05, 4.69) is 31.0 Å². The van der Waals surface area contributed by atoms with Crippen molar-refractivity contribution < 1.29 is 9.53 Å². The third-order valence-corrected chi connectivity index (χ3v) is 4.18. The standard InChI is InChI=1S/C14H26N2O2/c1-9(2)7-13-15-10(3)14(17)16(13)11(4)12-5-6-18-8-12/h9-13,15H,5-8H2,1-4H3. The zero-order valence-electron chi connectivity index (χ0n) is 12.0. The molecule has 0 bridgehead atoms. The Morgan fingerprint density at radius 2 is 2.17 bits per heavy atom. The fourth-order valence-corrected chi connectivity index (χ4v) is 3.09. The first-order chi connectivity index (χ1) is 8.50. The van der Waals surface area contributed by atoms with Crippen LogP contribution in [-0.4, -0.2) is 42.3 Å². The second-order valence-electron chi connectivity index (χ2n) is 6.14. The third-order valence-electron chi connectivity index (χ3n) is 4.18. The summed E-state index contributed by atoms with van der Waals surface area (Å²) in [6, 6.07) is 0.236. The molecule has 0 saturated carbocycles. The van der Waals surface area contributed by atoms with E-state index in [0.717, 1.165) is 26.1 Å². The minimum absolute atomic E-state index is 0.0430. The Balaban J connectivity index is 2.07. The number of amides is 1. The summed E-state index contributed by atoms with van der Waals surface area (Å²) in [6.45, 7) is 10.2. The highest BCUT2D eigenvalue weighted by atomic mass is 16.5. The molecule has 2 saturated heterocycles. The maximum absolute atomic E-state index is 12.3. The minimum atomic E-state index is -0.0430. The molecule has 0 spiro atoms. The van der Waals surface area contributed by atoms with Crippen LogP contribution in [0.4, 0.5) is 0 Å². The van der Waals surface area contributed by atoms with Crippen molar-refractivity contribution in [1.82, 2.24) is 10.2 Å². The van der Waals surface area contributed by atoms with Gasteiger partial charge in [-0.25, -0.2) is 0 Å². The Bertz CT molecular complexity index is 298. The molecule has 1 N–H and O–H groups in total. The van der Waals surface area contributed by atoms with E-state index < -0.39 is 0 Å². The van der Waals surface area contributed by atoms with Crippen molar-refractivity contribution in [2.45, 2.75) is 58.8 Å². The summed E-state index contributed by atoms with van der Waals surface area (Å²) in [6.07, 6.45) is 2.30. The maximum atomic E-state index is 12.3. The van der Waals surface area contributed by atoms with Gasteiger partial charge >= 0.3 is 0 Å². The fraction of sp³-hybridized carbons (Fsp3) is 0.929. The molecule has 0 aliphatic carbocycles. The van der Waals surface area contributed by atoms with Crippen LogP contribution in [0, 0.1) is 11.8 Å². The molecule has 0 aromatic rings. The Morgan fingerprint density at radius 3 is 2.72 bits per heavy atom. The van der Waals surface area contributed by atoms with Gasteiger partial charge in [-0.05, 0) is 32.6 Å². The molecule has 2 aliphatic rings. The molecule has 4 heteroatoms. The first-order valence-electron chi connectivity index (χ1n) is 7.16. The number of nitrogens with one attached hydrogen (secondary N) is 1. The summed E-state index contributed by atoms with van der Waals surface area (Å²) in [5, 5.41) is 3.42. The smallest absolute Gasteiger partial charge is 0.240 e. The van der Waals surface area contributed by atoms with Crippen molar-refractivity contribution in [1.29, 1.82) is 0 Å². The number of hydrogen-bond acceptors (Lipinski definition) is 3. The number of hydrogen-bond donors (Lipinski definition) is 1. The predicted molar refractivity (Wildman–Crippen MR) is 71.1 cm³/mol. The largest absolute Gasteiger partial charge is 0.381 e. The van der Waals surface area contributed by atoms with Gasteiger partial charge in [-0.3, -0.25) is 10.1 Å². The van der Waals surface area contributed by atoms with Gasteiger partial charge in [0.1, 0.15) is 0 Å². The van der Waals surface area contributed by atoms with Gasteiger partial charge in [-0.2, -0.15) is 0 Å². The molecular weight excluding hydrogens is 228 g/mol. The van der Waals surface area contributed by atoms with Crippen LogP contribution in [0.15, 0.2) is 0 Å². The Hall–Kier alpha value is -0.610. The van der Waals surface area contributed by atoms with Gasteiger partial charge in [0.05, 0.1) is 18.8 Å². The third kappa shape index (κ3) is 2.69. The number of carbonyl (C=O) groups excluding carboxylic acids is 1. The van der Waals surface area contributed by atoms with Crippen LogP contribution >= 0.6 is 0 Å². The molecule has 4 nitrogen and oxygen atoms in total. The van der Waals surface area contributed by atoms with E-state index in [1.54, 1.807) is 0 Å². The SMILES string of the molecule is CC(C)CC1NC(C)C(=O)N1C(C)C1CCOC1. The second kappa shape index (κ2) is 5.57. The summed E-state index contributed by atoms with van der Waals surface area (Å²) < 4.78 is 5.46. The molecule has 2 aliphatic heterocycles. The molecule has 104 valence electrons. The van der Waals surface area contributed by atoms with Crippen LogP contribution in [-0.2, 0) is 9.53 Å². The fourth-order valence-electron chi connectivity index (χ4n) is 3.09. The lowest BCUT2D eigenvalue weighted by Crippen LogP contribution is -2.47. The molecular formula is C14H26N2O2. The van der Waals surface area contributed by atoms with Crippen LogP contribution in [0.2, 0.25) is 0 Å². The predicted octanol–water partition coefficient (Wildman–Crippen LogP) is 1.60. The highest BCUT2D eigenvalue weighted by Gasteiger charge is 2.41. The van der Waals surface area contributed by atoms with Gasteiger partial charge in [-0.1, -0.05) is 13.8 Å². The van der Waals surface area contributed by atoms with E-state index in [1.165, 1.54) is 0 Å².